The van der Waals surface area contributed by atoms with Gasteiger partial charge in [-0.15, -0.1) is 0 Å². The van der Waals surface area contributed by atoms with Gasteiger partial charge in [-0.3, -0.25) is 9.59 Å². The summed E-state index contributed by atoms with van der Waals surface area (Å²) in [6, 6.07) is 1.65. The lowest BCUT2D eigenvalue weighted by atomic mass is 9.89. The summed E-state index contributed by atoms with van der Waals surface area (Å²) >= 11 is 0. The van der Waals surface area contributed by atoms with Gasteiger partial charge in [-0.1, -0.05) is 0 Å². The Morgan fingerprint density at radius 3 is 2.71 bits per heavy atom. The van der Waals surface area contributed by atoms with Crippen LogP contribution in [0.2, 0.25) is 0 Å². The molecule has 7 nitrogen and oxygen atoms in total. The molecule has 1 N–H and O–H groups in total. The second kappa shape index (κ2) is 5.31. The standard InChI is InChI=1S/C14H18N4O3/c1-17(14-15-5-2-6-16-14)8-12(19)18-9-3-4-11(18)10(7-9)13(20)21/h2,5-6,9-11H,3-4,7-8H2,1H3,(H,20,21). The first kappa shape index (κ1) is 13.8. The topological polar surface area (TPSA) is 86.6 Å². The zero-order chi connectivity index (χ0) is 15.0. The lowest BCUT2D eigenvalue weighted by molar-refractivity contribution is -0.143. The lowest BCUT2D eigenvalue weighted by Crippen LogP contribution is -2.43. The maximum absolute atomic E-state index is 12.5. The van der Waals surface area contributed by atoms with Gasteiger partial charge in [0.25, 0.3) is 0 Å². The summed E-state index contributed by atoms with van der Waals surface area (Å²) in [4.78, 5) is 35.4. The van der Waals surface area contributed by atoms with Gasteiger partial charge >= 0.3 is 5.97 Å². The Kier molecular flexibility index (Phi) is 3.48. The van der Waals surface area contributed by atoms with Gasteiger partial charge in [-0.25, -0.2) is 9.97 Å². The number of carbonyl (C=O) groups is 2. The highest BCUT2D eigenvalue weighted by Crippen LogP contribution is 2.41. The lowest BCUT2D eigenvalue weighted by Gasteiger charge is -2.26. The largest absolute Gasteiger partial charge is 0.481 e. The van der Waals surface area contributed by atoms with E-state index in [1.807, 2.05) is 0 Å². The van der Waals surface area contributed by atoms with Crippen LogP contribution in [0.4, 0.5) is 5.95 Å². The molecule has 0 radical (unpaired) electrons. The van der Waals surface area contributed by atoms with E-state index in [2.05, 4.69) is 9.97 Å². The van der Waals surface area contributed by atoms with Crippen LogP contribution in [0.1, 0.15) is 19.3 Å². The number of carbonyl (C=O) groups excluding carboxylic acids is 1. The third-order valence-electron chi connectivity index (χ3n) is 4.41. The van der Waals surface area contributed by atoms with Crippen molar-refractivity contribution in [3.63, 3.8) is 0 Å². The van der Waals surface area contributed by atoms with Crippen LogP contribution in [0.15, 0.2) is 18.5 Å². The van der Waals surface area contributed by atoms with Crippen molar-refractivity contribution in [1.29, 1.82) is 0 Å². The van der Waals surface area contributed by atoms with Crippen molar-refractivity contribution in [3.8, 4) is 0 Å². The number of hydrogen-bond acceptors (Lipinski definition) is 5. The fourth-order valence-corrected chi connectivity index (χ4v) is 3.49. The smallest absolute Gasteiger partial charge is 0.308 e. The van der Waals surface area contributed by atoms with Gasteiger partial charge in [0.15, 0.2) is 0 Å². The summed E-state index contributed by atoms with van der Waals surface area (Å²) in [6.07, 6.45) is 5.54. The molecule has 2 bridgehead atoms. The van der Waals surface area contributed by atoms with E-state index < -0.39 is 11.9 Å². The Hall–Kier alpha value is -2.18. The molecule has 2 saturated heterocycles. The van der Waals surface area contributed by atoms with E-state index in [4.69, 9.17) is 0 Å². The number of amides is 1. The van der Waals surface area contributed by atoms with Gasteiger partial charge in [0.2, 0.25) is 11.9 Å². The number of nitrogens with zero attached hydrogens (tertiary/aromatic N) is 4. The van der Waals surface area contributed by atoms with Crippen molar-refractivity contribution >= 4 is 17.8 Å². The van der Waals surface area contributed by atoms with E-state index in [0.29, 0.717) is 12.4 Å². The molecule has 2 aliphatic heterocycles. The van der Waals surface area contributed by atoms with E-state index in [1.165, 1.54) is 0 Å². The van der Waals surface area contributed by atoms with Gasteiger partial charge in [-0.05, 0) is 25.3 Å². The fraction of sp³-hybridized carbons (Fsp3) is 0.571. The summed E-state index contributed by atoms with van der Waals surface area (Å²) in [5.74, 6) is -0.751. The molecule has 3 rings (SSSR count). The number of aromatic nitrogens is 2. The molecule has 0 aliphatic carbocycles. The molecule has 0 spiro atoms. The molecule has 0 saturated carbocycles. The van der Waals surface area contributed by atoms with E-state index in [-0.39, 0.29) is 24.5 Å². The van der Waals surface area contributed by atoms with Crippen molar-refractivity contribution in [2.75, 3.05) is 18.5 Å². The number of fused-ring (bicyclic) bond motifs is 2. The van der Waals surface area contributed by atoms with Crippen LogP contribution in [0.25, 0.3) is 0 Å². The van der Waals surface area contributed by atoms with Crippen LogP contribution in [0, 0.1) is 5.92 Å². The third-order valence-corrected chi connectivity index (χ3v) is 4.41. The maximum atomic E-state index is 12.5. The number of rotatable bonds is 4. The molecule has 7 heteroatoms. The SMILES string of the molecule is CN(CC(=O)N1C2CCC1C(C(=O)O)C2)c1ncccn1. The molecule has 1 amide bonds. The van der Waals surface area contributed by atoms with Crippen LogP contribution >= 0.6 is 0 Å². The van der Waals surface area contributed by atoms with Gasteiger partial charge < -0.3 is 14.9 Å². The zero-order valence-corrected chi connectivity index (χ0v) is 11.8. The van der Waals surface area contributed by atoms with E-state index in [9.17, 15) is 14.7 Å². The molecule has 112 valence electrons. The summed E-state index contributed by atoms with van der Waals surface area (Å²) in [6.45, 7) is 0.170. The van der Waals surface area contributed by atoms with E-state index in [0.717, 1.165) is 12.8 Å². The summed E-state index contributed by atoms with van der Waals surface area (Å²) in [5.41, 5.74) is 0. The molecule has 3 heterocycles. The van der Waals surface area contributed by atoms with Crippen molar-refractivity contribution in [2.24, 2.45) is 5.92 Å². The molecule has 2 fully saturated rings. The normalized spacial score (nSPS) is 26.9. The van der Waals surface area contributed by atoms with Gasteiger partial charge in [0, 0.05) is 31.5 Å². The first-order valence-corrected chi connectivity index (χ1v) is 7.10. The van der Waals surface area contributed by atoms with Gasteiger partial charge in [-0.2, -0.15) is 0 Å². The predicted octanol–water partition coefficient (Wildman–Crippen LogP) is 0.377. The Morgan fingerprint density at radius 2 is 2.10 bits per heavy atom. The number of hydrogen-bond donors (Lipinski definition) is 1. The van der Waals surface area contributed by atoms with Crippen LogP contribution in [-0.4, -0.2) is 57.5 Å². The molecule has 1 aromatic heterocycles. The number of carboxylic acid groups (broad SMARTS) is 1. The van der Waals surface area contributed by atoms with E-state index in [1.54, 1.807) is 35.3 Å². The predicted molar refractivity (Wildman–Crippen MR) is 74.7 cm³/mol. The minimum absolute atomic E-state index is 0.0406. The molecule has 2 aliphatic rings. The van der Waals surface area contributed by atoms with Crippen LogP contribution in [-0.2, 0) is 9.59 Å². The highest BCUT2D eigenvalue weighted by Gasteiger charge is 2.51. The van der Waals surface area contributed by atoms with Crippen molar-refractivity contribution < 1.29 is 14.7 Å². The highest BCUT2D eigenvalue weighted by molar-refractivity contribution is 5.84. The molecular formula is C14H18N4O3. The second-order valence-electron chi connectivity index (χ2n) is 5.68. The summed E-state index contributed by atoms with van der Waals surface area (Å²) in [5, 5.41) is 9.23. The molecule has 3 atom stereocenters. The van der Waals surface area contributed by atoms with Crippen molar-refractivity contribution in [2.45, 2.75) is 31.3 Å². The quantitative estimate of drug-likeness (QED) is 0.862. The first-order chi connectivity index (χ1) is 10.1. The zero-order valence-electron chi connectivity index (χ0n) is 11.8. The second-order valence-corrected chi connectivity index (χ2v) is 5.68. The molecule has 21 heavy (non-hydrogen) atoms. The molecule has 1 aromatic rings. The maximum Gasteiger partial charge on any atom is 0.308 e. The van der Waals surface area contributed by atoms with Crippen LogP contribution < -0.4 is 4.90 Å². The van der Waals surface area contributed by atoms with Crippen LogP contribution in [0.3, 0.4) is 0 Å². The number of anilines is 1. The monoisotopic (exact) mass is 290 g/mol. The minimum Gasteiger partial charge on any atom is -0.481 e. The van der Waals surface area contributed by atoms with Crippen molar-refractivity contribution in [3.05, 3.63) is 18.5 Å². The Balaban J connectivity index is 1.68. The molecule has 0 aromatic carbocycles. The minimum atomic E-state index is -0.792. The van der Waals surface area contributed by atoms with Crippen molar-refractivity contribution in [1.82, 2.24) is 14.9 Å². The number of likely N-dealkylation sites (N-methyl/N-ethyl adjacent to an activating group) is 1. The number of carboxylic acids is 1. The van der Waals surface area contributed by atoms with Gasteiger partial charge in [0.1, 0.15) is 0 Å². The Labute approximate surface area is 122 Å². The average Bonchev–Trinajstić information content (AvgIpc) is 3.05. The van der Waals surface area contributed by atoms with E-state index >= 15 is 0 Å². The summed E-state index contributed by atoms with van der Waals surface area (Å²) < 4.78 is 0. The number of aliphatic carboxylic acids is 1. The van der Waals surface area contributed by atoms with Crippen LogP contribution in [0.5, 0.6) is 0 Å². The van der Waals surface area contributed by atoms with Gasteiger partial charge in [0.05, 0.1) is 12.5 Å². The summed E-state index contributed by atoms with van der Waals surface area (Å²) in [7, 11) is 1.76. The fourth-order valence-electron chi connectivity index (χ4n) is 3.49. The molecular weight excluding hydrogens is 272 g/mol. The highest BCUT2D eigenvalue weighted by atomic mass is 16.4. The first-order valence-electron chi connectivity index (χ1n) is 7.10. The average molecular weight is 290 g/mol. The molecule has 3 unspecified atom stereocenters. The Morgan fingerprint density at radius 1 is 1.38 bits per heavy atom. The Bertz CT molecular complexity index is 550. The third kappa shape index (κ3) is 2.43.